The summed E-state index contributed by atoms with van der Waals surface area (Å²) in [7, 11) is 0. The Balaban J connectivity index is 1.71. The highest BCUT2D eigenvalue weighted by atomic mass is 16.6. The van der Waals surface area contributed by atoms with Gasteiger partial charge in [0.15, 0.2) is 11.4 Å². The van der Waals surface area contributed by atoms with Gasteiger partial charge in [0.1, 0.15) is 6.10 Å². The van der Waals surface area contributed by atoms with Crippen LogP contribution < -0.4 is 0 Å². The Morgan fingerprint density at radius 2 is 1.79 bits per heavy atom. The molecule has 5 nitrogen and oxygen atoms in total. The molecule has 4 aliphatic carbocycles. The summed E-state index contributed by atoms with van der Waals surface area (Å²) in [6, 6.07) is 0. The van der Waals surface area contributed by atoms with Crippen LogP contribution in [0.3, 0.4) is 0 Å². The molecule has 4 aliphatic rings. The third-order valence-electron chi connectivity index (χ3n) is 9.18. The van der Waals surface area contributed by atoms with Crippen molar-refractivity contribution >= 4 is 17.5 Å². The lowest BCUT2D eigenvalue weighted by molar-refractivity contribution is -0.192. The van der Waals surface area contributed by atoms with Gasteiger partial charge in [-0.25, -0.2) is 0 Å². The fourth-order valence-electron chi connectivity index (χ4n) is 7.76. The third kappa shape index (κ3) is 2.79. The number of ketones is 2. The minimum absolute atomic E-state index is 0.0686. The van der Waals surface area contributed by atoms with E-state index in [1.165, 1.54) is 19.4 Å². The molecule has 0 saturated heterocycles. The second kappa shape index (κ2) is 6.76. The first kappa shape index (κ1) is 20.8. The van der Waals surface area contributed by atoms with Gasteiger partial charge in [0, 0.05) is 18.8 Å². The average molecular weight is 403 g/mol. The zero-order valence-corrected chi connectivity index (χ0v) is 18.1. The van der Waals surface area contributed by atoms with Crippen LogP contribution in [0.2, 0.25) is 0 Å². The topological polar surface area (TPSA) is 80.7 Å². The molecular formula is C24H34O5. The molecule has 160 valence electrons. The molecule has 0 amide bonds. The molecule has 5 heteroatoms. The summed E-state index contributed by atoms with van der Waals surface area (Å²) in [4.78, 5) is 37.2. The molecule has 4 rings (SSSR count). The van der Waals surface area contributed by atoms with Crippen molar-refractivity contribution in [3.05, 3.63) is 11.6 Å². The lowest BCUT2D eigenvalue weighted by Gasteiger charge is -2.59. The zero-order chi connectivity index (χ0) is 21.2. The largest absolute Gasteiger partial charge is 0.451 e. The van der Waals surface area contributed by atoms with Crippen LogP contribution in [0.15, 0.2) is 11.6 Å². The maximum Gasteiger partial charge on any atom is 0.303 e. The van der Waals surface area contributed by atoms with Gasteiger partial charge in [-0.1, -0.05) is 19.4 Å². The predicted molar refractivity (Wildman–Crippen MR) is 108 cm³/mol. The Bertz CT molecular complexity index is 782. The normalized spacial score (nSPS) is 44.8. The average Bonchev–Trinajstić information content (AvgIpc) is 2.94. The zero-order valence-electron chi connectivity index (χ0n) is 18.1. The van der Waals surface area contributed by atoms with Gasteiger partial charge < -0.3 is 9.84 Å². The van der Waals surface area contributed by atoms with Gasteiger partial charge in [0.25, 0.3) is 0 Å². The number of hydrogen-bond acceptors (Lipinski definition) is 5. The van der Waals surface area contributed by atoms with Gasteiger partial charge in [-0.15, -0.1) is 0 Å². The van der Waals surface area contributed by atoms with Crippen LogP contribution in [-0.2, 0) is 19.1 Å². The van der Waals surface area contributed by atoms with Crippen LogP contribution in [0.1, 0.15) is 79.1 Å². The smallest absolute Gasteiger partial charge is 0.303 e. The Labute approximate surface area is 173 Å². The van der Waals surface area contributed by atoms with E-state index in [-0.39, 0.29) is 17.0 Å². The minimum atomic E-state index is -1.22. The van der Waals surface area contributed by atoms with Crippen LogP contribution in [0.4, 0.5) is 0 Å². The number of esters is 1. The quantitative estimate of drug-likeness (QED) is 0.727. The molecule has 3 saturated carbocycles. The summed E-state index contributed by atoms with van der Waals surface area (Å²) in [5.74, 6) is 0.719. The molecule has 7 atom stereocenters. The standard InChI is InChI=1S/C24H34O5/c1-14(25)21(28)24(29-15(2)26)12-9-20-18-6-5-16-13-17(27)7-10-22(16,3)19(18)8-11-23(20,24)4/h13-14,18-20,25H,5-12H2,1-4H3/t14-,18-,19+,20+,22+,23+,24+/m1/s1. The van der Waals surface area contributed by atoms with Gasteiger partial charge in [-0.2, -0.15) is 0 Å². The van der Waals surface area contributed by atoms with Crippen LogP contribution >= 0.6 is 0 Å². The highest BCUT2D eigenvalue weighted by Crippen LogP contribution is 2.68. The lowest BCUT2D eigenvalue weighted by atomic mass is 9.46. The Kier molecular flexibility index (Phi) is 4.84. The molecule has 0 spiro atoms. The fourth-order valence-corrected chi connectivity index (χ4v) is 7.76. The molecular weight excluding hydrogens is 368 g/mol. The van der Waals surface area contributed by atoms with Crippen LogP contribution in [-0.4, -0.2) is 34.3 Å². The van der Waals surface area contributed by atoms with E-state index < -0.39 is 23.1 Å². The molecule has 0 heterocycles. The molecule has 0 aromatic rings. The van der Waals surface area contributed by atoms with E-state index in [0.29, 0.717) is 30.6 Å². The summed E-state index contributed by atoms with van der Waals surface area (Å²) < 4.78 is 5.82. The van der Waals surface area contributed by atoms with E-state index in [1.807, 2.05) is 6.08 Å². The van der Waals surface area contributed by atoms with Crippen molar-refractivity contribution in [1.29, 1.82) is 0 Å². The predicted octanol–water partition coefficient (Wildman–Crippen LogP) is 3.77. The molecule has 0 unspecified atom stereocenters. The Hall–Kier alpha value is -1.49. The van der Waals surface area contributed by atoms with E-state index in [0.717, 1.165) is 38.5 Å². The first-order valence-corrected chi connectivity index (χ1v) is 11.2. The van der Waals surface area contributed by atoms with E-state index in [4.69, 9.17) is 4.74 Å². The molecule has 0 bridgehead atoms. The monoisotopic (exact) mass is 402 g/mol. The number of Topliss-reactive ketones (excluding diaryl/α,β-unsaturated/α-hetero) is 1. The van der Waals surface area contributed by atoms with E-state index in [1.54, 1.807) is 0 Å². The van der Waals surface area contributed by atoms with Crippen molar-refractivity contribution in [2.75, 3.05) is 0 Å². The molecule has 29 heavy (non-hydrogen) atoms. The summed E-state index contributed by atoms with van der Waals surface area (Å²) >= 11 is 0. The van der Waals surface area contributed by atoms with Gasteiger partial charge in [0.2, 0.25) is 5.78 Å². The highest BCUT2D eigenvalue weighted by molar-refractivity contribution is 5.94. The van der Waals surface area contributed by atoms with Crippen molar-refractivity contribution in [3.8, 4) is 0 Å². The fraction of sp³-hybridized carbons (Fsp3) is 0.792. The SMILES string of the molecule is CC(=O)O[C@]1(C(=O)[C@@H](C)O)CC[C@H]2[C@@H]3CCC4=CC(=O)CC[C@]4(C)[C@H]3CC[C@@]21C. The molecule has 3 fully saturated rings. The second-order valence-electron chi connectivity index (χ2n) is 10.4. The first-order chi connectivity index (χ1) is 13.5. The Morgan fingerprint density at radius 1 is 1.10 bits per heavy atom. The summed E-state index contributed by atoms with van der Waals surface area (Å²) in [5.41, 5.74) is -0.278. The maximum absolute atomic E-state index is 13.2. The summed E-state index contributed by atoms with van der Waals surface area (Å²) in [6.07, 6.45) is 7.40. The number of aliphatic hydroxyl groups excluding tert-OH is 1. The molecule has 0 aromatic carbocycles. The summed E-state index contributed by atoms with van der Waals surface area (Å²) in [6.45, 7) is 7.28. The van der Waals surface area contributed by atoms with Crippen molar-refractivity contribution in [1.82, 2.24) is 0 Å². The number of rotatable bonds is 3. The van der Waals surface area contributed by atoms with Crippen LogP contribution in [0.5, 0.6) is 0 Å². The van der Waals surface area contributed by atoms with Crippen molar-refractivity contribution < 1.29 is 24.2 Å². The van der Waals surface area contributed by atoms with Gasteiger partial charge in [-0.05, 0) is 81.1 Å². The van der Waals surface area contributed by atoms with Crippen LogP contribution in [0.25, 0.3) is 0 Å². The lowest BCUT2D eigenvalue weighted by Crippen LogP contribution is -2.60. The van der Waals surface area contributed by atoms with Gasteiger partial charge in [-0.3, -0.25) is 14.4 Å². The number of fused-ring (bicyclic) bond motifs is 5. The molecule has 0 aromatic heterocycles. The number of carbonyl (C=O) groups excluding carboxylic acids is 3. The number of allylic oxidation sites excluding steroid dienone is 1. The van der Waals surface area contributed by atoms with E-state index in [2.05, 4.69) is 13.8 Å². The van der Waals surface area contributed by atoms with Crippen molar-refractivity contribution in [2.24, 2.45) is 28.6 Å². The number of carbonyl (C=O) groups is 3. The Morgan fingerprint density at radius 3 is 2.45 bits per heavy atom. The maximum atomic E-state index is 13.2. The van der Waals surface area contributed by atoms with Gasteiger partial charge in [0.05, 0.1) is 0 Å². The molecule has 1 N–H and O–H groups in total. The number of aliphatic hydroxyl groups is 1. The minimum Gasteiger partial charge on any atom is -0.451 e. The van der Waals surface area contributed by atoms with Crippen LogP contribution in [0, 0.1) is 28.6 Å². The molecule has 0 aliphatic heterocycles. The summed E-state index contributed by atoms with van der Waals surface area (Å²) in [5, 5.41) is 10.1. The van der Waals surface area contributed by atoms with E-state index >= 15 is 0 Å². The van der Waals surface area contributed by atoms with Gasteiger partial charge >= 0.3 is 5.97 Å². The van der Waals surface area contributed by atoms with Crippen molar-refractivity contribution in [3.63, 3.8) is 0 Å². The second-order valence-corrected chi connectivity index (χ2v) is 10.4. The van der Waals surface area contributed by atoms with E-state index in [9.17, 15) is 19.5 Å². The third-order valence-corrected chi connectivity index (χ3v) is 9.18. The number of hydrogen-bond donors (Lipinski definition) is 1. The van der Waals surface area contributed by atoms with Crippen molar-refractivity contribution in [2.45, 2.75) is 90.8 Å². The highest BCUT2D eigenvalue weighted by Gasteiger charge is 2.68. The first-order valence-electron chi connectivity index (χ1n) is 11.2. The number of ether oxygens (including phenoxy) is 1. The molecule has 0 radical (unpaired) electrons.